The molecule has 5 nitrogen and oxygen atoms in total. The van der Waals surface area contributed by atoms with Crippen molar-refractivity contribution in [2.45, 2.75) is 40.3 Å². The van der Waals surface area contributed by atoms with Crippen LogP contribution in [0.15, 0.2) is 107 Å². The third-order valence-electron chi connectivity index (χ3n) is 7.08. The maximum atomic E-state index is 14.4. The van der Waals surface area contributed by atoms with E-state index in [2.05, 4.69) is 0 Å². The van der Waals surface area contributed by atoms with Crippen LogP contribution < -0.4 is 0 Å². The minimum Gasteiger partial charge on any atom is -0.223 e. The molecule has 3 aromatic carbocycles. The molecule has 0 unspecified atom stereocenters. The van der Waals surface area contributed by atoms with E-state index in [1.54, 1.807) is 60.7 Å². The fourth-order valence-electron chi connectivity index (χ4n) is 5.43. The fourth-order valence-corrected chi connectivity index (χ4v) is 9.58. The Balaban J connectivity index is 1.77. The Kier molecular flexibility index (Phi) is 5.74. The van der Waals surface area contributed by atoms with Gasteiger partial charge in [-0.25, -0.2) is 16.8 Å². The van der Waals surface area contributed by atoms with Crippen molar-refractivity contribution in [2.24, 2.45) is 5.92 Å². The highest BCUT2D eigenvalue weighted by atomic mass is 32.2. The molecule has 2 aliphatic rings. The summed E-state index contributed by atoms with van der Waals surface area (Å²) in [4.78, 5) is 0.385. The van der Waals surface area contributed by atoms with E-state index in [4.69, 9.17) is 0 Å². The maximum absolute atomic E-state index is 14.4. The summed E-state index contributed by atoms with van der Waals surface area (Å²) in [6.07, 6.45) is 4.99. The quantitative estimate of drug-likeness (QED) is 0.473. The van der Waals surface area contributed by atoms with Crippen LogP contribution in [0.25, 0.3) is 0 Å². The topological polar surface area (TPSA) is 71.5 Å². The number of nitrogens with zero attached hydrogens (tertiary/aromatic N) is 1. The lowest BCUT2D eigenvalue weighted by Gasteiger charge is -2.40. The van der Waals surface area contributed by atoms with E-state index in [1.807, 2.05) is 43.3 Å². The molecule has 34 heavy (non-hydrogen) atoms. The SMILES string of the molecule is Cc1ccc(S(=O)(=O)[C@]23C=CCC[C@H]2CN(S(=O)(=O)c2ccccc2)[C@H]3c2ccccc2)cc1. The van der Waals surface area contributed by atoms with E-state index in [1.165, 1.54) is 4.31 Å². The first-order valence-corrected chi connectivity index (χ1v) is 14.3. The second kappa shape index (κ2) is 8.48. The molecule has 1 heterocycles. The van der Waals surface area contributed by atoms with Gasteiger partial charge in [-0.2, -0.15) is 4.31 Å². The molecule has 1 aliphatic carbocycles. The standard InChI is InChI=1S/C27H27NO4S2/c1-21-15-17-24(18-16-21)33(29,30)27-19-9-8-12-23(27)20-28(26(27)22-10-4-2-5-11-22)34(31,32)25-13-6-3-7-14-25/h2-7,9-11,13-19,23,26H,8,12,20H2,1H3/t23-,26-,27+/m0/s1. The Labute approximate surface area is 201 Å². The molecule has 1 fully saturated rings. The van der Waals surface area contributed by atoms with Crippen LogP contribution in [0.2, 0.25) is 0 Å². The molecule has 0 aromatic heterocycles. The average Bonchev–Trinajstić information content (AvgIpc) is 3.23. The number of aryl methyl sites for hydroxylation is 1. The van der Waals surface area contributed by atoms with Crippen LogP contribution in [-0.2, 0) is 19.9 Å². The number of sulfonamides is 1. The number of allylic oxidation sites excluding steroid dienone is 1. The van der Waals surface area contributed by atoms with E-state index >= 15 is 0 Å². The smallest absolute Gasteiger partial charge is 0.223 e. The van der Waals surface area contributed by atoms with E-state index in [9.17, 15) is 16.8 Å². The molecule has 0 bridgehead atoms. The third-order valence-corrected chi connectivity index (χ3v) is 11.4. The van der Waals surface area contributed by atoms with E-state index < -0.39 is 30.6 Å². The van der Waals surface area contributed by atoms with Gasteiger partial charge in [-0.3, -0.25) is 0 Å². The van der Waals surface area contributed by atoms with Crippen molar-refractivity contribution >= 4 is 19.9 Å². The molecule has 7 heteroatoms. The lowest BCUT2D eigenvalue weighted by atomic mass is 9.80. The first-order chi connectivity index (χ1) is 16.3. The largest absolute Gasteiger partial charge is 0.243 e. The molecule has 3 atom stereocenters. The predicted molar refractivity (Wildman–Crippen MR) is 132 cm³/mol. The monoisotopic (exact) mass is 493 g/mol. The minimum absolute atomic E-state index is 0.145. The second-order valence-corrected chi connectivity index (χ2v) is 13.1. The maximum Gasteiger partial charge on any atom is 0.243 e. The summed E-state index contributed by atoms with van der Waals surface area (Å²) in [5, 5.41) is 0. The summed E-state index contributed by atoms with van der Waals surface area (Å²) in [5.41, 5.74) is 1.64. The summed E-state index contributed by atoms with van der Waals surface area (Å²) in [5.74, 6) is -0.368. The van der Waals surface area contributed by atoms with Crippen LogP contribution in [0.5, 0.6) is 0 Å². The van der Waals surface area contributed by atoms with Crippen molar-refractivity contribution in [1.29, 1.82) is 0 Å². The van der Waals surface area contributed by atoms with Gasteiger partial charge in [0.25, 0.3) is 0 Å². The zero-order valence-corrected chi connectivity index (χ0v) is 20.5. The van der Waals surface area contributed by atoms with E-state index in [-0.39, 0.29) is 22.3 Å². The normalized spacial score (nSPS) is 25.2. The van der Waals surface area contributed by atoms with Crippen LogP contribution in [-0.4, -0.2) is 32.4 Å². The van der Waals surface area contributed by atoms with Gasteiger partial charge in [0.1, 0.15) is 4.75 Å². The van der Waals surface area contributed by atoms with Crippen molar-refractivity contribution in [3.8, 4) is 0 Å². The van der Waals surface area contributed by atoms with Gasteiger partial charge in [0.2, 0.25) is 10.0 Å². The number of fused-ring (bicyclic) bond motifs is 1. The molecule has 1 aliphatic heterocycles. The first kappa shape index (κ1) is 23.0. The first-order valence-electron chi connectivity index (χ1n) is 11.4. The molecular weight excluding hydrogens is 466 g/mol. The van der Waals surface area contributed by atoms with Crippen molar-refractivity contribution in [3.63, 3.8) is 0 Å². The molecule has 0 N–H and O–H groups in total. The summed E-state index contributed by atoms with van der Waals surface area (Å²) < 4.78 is 56.7. The van der Waals surface area contributed by atoms with Crippen LogP contribution in [0, 0.1) is 12.8 Å². The molecule has 0 spiro atoms. The summed E-state index contributed by atoms with van der Waals surface area (Å²) in [6, 6.07) is 23.4. The summed E-state index contributed by atoms with van der Waals surface area (Å²) >= 11 is 0. The molecule has 3 aromatic rings. The lowest BCUT2D eigenvalue weighted by Crippen LogP contribution is -2.48. The van der Waals surface area contributed by atoms with Crippen LogP contribution in [0.4, 0.5) is 0 Å². The Morgan fingerprint density at radius 1 is 0.794 bits per heavy atom. The van der Waals surface area contributed by atoms with Crippen LogP contribution >= 0.6 is 0 Å². The number of hydrogen-bond donors (Lipinski definition) is 0. The van der Waals surface area contributed by atoms with E-state index in [0.717, 1.165) is 12.0 Å². The average molecular weight is 494 g/mol. The highest BCUT2D eigenvalue weighted by Gasteiger charge is 2.64. The molecule has 0 amide bonds. The van der Waals surface area contributed by atoms with Crippen molar-refractivity contribution in [3.05, 3.63) is 108 Å². The molecule has 0 radical (unpaired) electrons. The van der Waals surface area contributed by atoms with Gasteiger partial charge in [0.05, 0.1) is 15.8 Å². The number of hydrogen-bond acceptors (Lipinski definition) is 4. The van der Waals surface area contributed by atoms with Crippen molar-refractivity contribution < 1.29 is 16.8 Å². The highest BCUT2D eigenvalue weighted by molar-refractivity contribution is 7.93. The predicted octanol–water partition coefficient (Wildman–Crippen LogP) is 4.92. The summed E-state index contributed by atoms with van der Waals surface area (Å²) in [7, 11) is -7.89. The summed E-state index contributed by atoms with van der Waals surface area (Å²) in [6.45, 7) is 2.06. The van der Waals surface area contributed by atoms with Gasteiger partial charge in [-0.15, -0.1) is 0 Å². The minimum atomic E-state index is -3.95. The molecule has 1 saturated heterocycles. The van der Waals surface area contributed by atoms with Gasteiger partial charge in [-0.05, 0) is 55.5 Å². The number of sulfone groups is 1. The van der Waals surface area contributed by atoms with Gasteiger partial charge in [0.15, 0.2) is 9.84 Å². The van der Waals surface area contributed by atoms with E-state index in [0.29, 0.717) is 12.0 Å². The third kappa shape index (κ3) is 3.45. The lowest BCUT2D eigenvalue weighted by molar-refractivity contribution is 0.372. The van der Waals surface area contributed by atoms with Crippen LogP contribution in [0.1, 0.15) is 30.0 Å². The number of rotatable bonds is 5. The molecule has 0 saturated carbocycles. The van der Waals surface area contributed by atoms with Crippen LogP contribution in [0.3, 0.4) is 0 Å². The Hall–Kier alpha value is -2.74. The zero-order valence-electron chi connectivity index (χ0n) is 18.9. The molecule has 176 valence electrons. The Morgan fingerprint density at radius 2 is 1.41 bits per heavy atom. The van der Waals surface area contributed by atoms with Crippen molar-refractivity contribution in [1.82, 2.24) is 4.31 Å². The van der Waals surface area contributed by atoms with Gasteiger partial charge < -0.3 is 0 Å². The van der Waals surface area contributed by atoms with Crippen molar-refractivity contribution in [2.75, 3.05) is 6.54 Å². The fraction of sp³-hybridized carbons (Fsp3) is 0.259. The van der Waals surface area contributed by atoms with Gasteiger partial charge in [0, 0.05) is 6.54 Å². The Morgan fingerprint density at radius 3 is 2.06 bits per heavy atom. The Bertz CT molecular complexity index is 1420. The highest BCUT2D eigenvalue weighted by Crippen LogP contribution is 2.56. The van der Waals surface area contributed by atoms with Gasteiger partial charge >= 0.3 is 0 Å². The molecular formula is C27H27NO4S2. The zero-order chi connectivity index (χ0) is 24.0. The number of benzene rings is 3. The van der Waals surface area contributed by atoms with Gasteiger partial charge in [-0.1, -0.05) is 78.4 Å². The second-order valence-electron chi connectivity index (χ2n) is 9.05. The molecule has 5 rings (SSSR count).